The molecule has 4 nitrogen and oxygen atoms in total. The molecular weight excluding hydrogens is 223 g/mol. The molecule has 2 rings (SSSR count). The Morgan fingerprint density at radius 3 is 2.94 bits per heavy atom. The summed E-state index contributed by atoms with van der Waals surface area (Å²) in [5.74, 6) is -0.219. The zero-order valence-corrected chi connectivity index (χ0v) is 10.1. The van der Waals surface area contributed by atoms with Gasteiger partial charge in [0.2, 0.25) is 0 Å². The summed E-state index contributed by atoms with van der Waals surface area (Å²) in [6.45, 7) is 4.16. The second-order valence-electron chi connectivity index (χ2n) is 4.17. The van der Waals surface area contributed by atoms with Gasteiger partial charge in [-0.2, -0.15) is 0 Å². The van der Waals surface area contributed by atoms with E-state index in [4.69, 9.17) is 15.2 Å². The Labute approximate surface area is 100 Å². The molecule has 0 amide bonds. The van der Waals surface area contributed by atoms with Crippen LogP contribution in [-0.4, -0.2) is 32.9 Å². The highest BCUT2D eigenvalue weighted by Gasteiger charge is 2.20. The van der Waals surface area contributed by atoms with E-state index in [-0.39, 0.29) is 11.9 Å². The van der Waals surface area contributed by atoms with Gasteiger partial charge < -0.3 is 20.1 Å². The van der Waals surface area contributed by atoms with Gasteiger partial charge in [-0.05, 0) is 6.92 Å². The van der Waals surface area contributed by atoms with E-state index >= 15 is 0 Å². The largest absolute Gasteiger partial charge is 0.494 e. The molecule has 1 aromatic rings. The molecule has 0 radical (unpaired) electrons. The van der Waals surface area contributed by atoms with Crippen LogP contribution in [0.2, 0.25) is 0 Å². The standard InChI is InChI=1S/C12H17FN2O2/c1-8-7-15(3-4-17-8)11-6-12(16-2)9(13)5-10(11)14/h5-6,8H,3-4,7,14H2,1-2H3. The first-order chi connectivity index (χ1) is 8.11. The van der Waals surface area contributed by atoms with Crippen molar-refractivity contribution < 1.29 is 13.9 Å². The van der Waals surface area contributed by atoms with Crippen LogP contribution in [0.3, 0.4) is 0 Å². The lowest BCUT2D eigenvalue weighted by atomic mass is 10.2. The fourth-order valence-electron chi connectivity index (χ4n) is 2.03. The SMILES string of the molecule is COc1cc(N2CCOC(C)C2)c(N)cc1F. The average Bonchev–Trinajstić information content (AvgIpc) is 2.29. The van der Waals surface area contributed by atoms with Crippen LogP contribution < -0.4 is 15.4 Å². The van der Waals surface area contributed by atoms with Crippen LogP contribution in [0.4, 0.5) is 15.8 Å². The van der Waals surface area contributed by atoms with Gasteiger partial charge in [-0.3, -0.25) is 0 Å². The molecule has 1 aromatic carbocycles. The van der Waals surface area contributed by atoms with Gasteiger partial charge in [0, 0.05) is 25.2 Å². The van der Waals surface area contributed by atoms with E-state index < -0.39 is 5.82 Å². The maximum absolute atomic E-state index is 13.4. The summed E-state index contributed by atoms with van der Waals surface area (Å²) in [6.07, 6.45) is 0.152. The van der Waals surface area contributed by atoms with Gasteiger partial charge in [0.1, 0.15) is 0 Å². The highest BCUT2D eigenvalue weighted by Crippen LogP contribution is 2.31. The third-order valence-electron chi connectivity index (χ3n) is 2.88. The maximum Gasteiger partial charge on any atom is 0.167 e. The molecule has 0 aliphatic carbocycles. The zero-order valence-electron chi connectivity index (χ0n) is 10.1. The number of halogens is 1. The quantitative estimate of drug-likeness (QED) is 0.798. The highest BCUT2D eigenvalue weighted by molar-refractivity contribution is 5.70. The second-order valence-corrected chi connectivity index (χ2v) is 4.17. The van der Waals surface area contributed by atoms with Crippen molar-refractivity contribution in [2.75, 3.05) is 37.4 Å². The number of hydrogen-bond donors (Lipinski definition) is 1. The third kappa shape index (κ3) is 2.44. The molecule has 0 spiro atoms. The molecule has 0 aromatic heterocycles. The summed E-state index contributed by atoms with van der Waals surface area (Å²) in [6, 6.07) is 2.94. The van der Waals surface area contributed by atoms with Crippen molar-refractivity contribution in [3.8, 4) is 5.75 Å². The van der Waals surface area contributed by atoms with E-state index in [1.165, 1.54) is 13.2 Å². The smallest absolute Gasteiger partial charge is 0.167 e. The van der Waals surface area contributed by atoms with Gasteiger partial charge in [0.15, 0.2) is 11.6 Å². The number of anilines is 2. The molecule has 1 aliphatic rings. The van der Waals surface area contributed by atoms with E-state index in [0.717, 1.165) is 18.8 Å². The number of hydrogen-bond acceptors (Lipinski definition) is 4. The fourth-order valence-corrected chi connectivity index (χ4v) is 2.03. The molecule has 94 valence electrons. The van der Waals surface area contributed by atoms with Crippen molar-refractivity contribution in [2.45, 2.75) is 13.0 Å². The number of benzene rings is 1. The molecular formula is C12H17FN2O2. The number of morpholine rings is 1. The van der Waals surface area contributed by atoms with Gasteiger partial charge in [-0.1, -0.05) is 0 Å². The van der Waals surface area contributed by atoms with Crippen molar-refractivity contribution in [3.05, 3.63) is 17.9 Å². The molecule has 0 saturated carbocycles. The molecule has 1 aliphatic heterocycles. The van der Waals surface area contributed by atoms with Crippen molar-refractivity contribution in [1.29, 1.82) is 0 Å². The molecule has 1 unspecified atom stereocenters. The maximum atomic E-state index is 13.4. The normalized spacial score (nSPS) is 20.4. The predicted octanol–water partition coefficient (Wildman–Crippen LogP) is 1.64. The Balaban J connectivity index is 2.30. The molecule has 5 heteroatoms. The number of rotatable bonds is 2. The predicted molar refractivity (Wildman–Crippen MR) is 65.0 cm³/mol. The number of nitrogen functional groups attached to an aromatic ring is 1. The summed E-state index contributed by atoms with van der Waals surface area (Å²) in [5, 5.41) is 0. The van der Waals surface area contributed by atoms with E-state index in [9.17, 15) is 4.39 Å². The van der Waals surface area contributed by atoms with Gasteiger partial charge in [0.05, 0.1) is 31.2 Å². The monoisotopic (exact) mass is 240 g/mol. The Kier molecular flexibility index (Phi) is 3.38. The van der Waals surface area contributed by atoms with Gasteiger partial charge in [-0.25, -0.2) is 4.39 Å². The molecule has 1 fully saturated rings. The van der Waals surface area contributed by atoms with Crippen molar-refractivity contribution in [3.63, 3.8) is 0 Å². The Bertz CT molecular complexity index is 412. The van der Waals surface area contributed by atoms with Crippen molar-refractivity contribution >= 4 is 11.4 Å². The van der Waals surface area contributed by atoms with Crippen molar-refractivity contribution in [1.82, 2.24) is 0 Å². The Hall–Kier alpha value is -1.49. The van der Waals surface area contributed by atoms with Crippen LogP contribution >= 0.6 is 0 Å². The van der Waals surface area contributed by atoms with Crippen LogP contribution in [0.25, 0.3) is 0 Å². The van der Waals surface area contributed by atoms with E-state index in [0.29, 0.717) is 12.3 Å². The third-order valence-corrected chi connectivity index (χ3v) is 2.88. The first-order valence-electron chi connectivity index (χ1n) is 5.61. The molecule has 17 heavy (non-hydrogen) atoms. The molecule has 1 atom stereocenters. The number of nitrogens with zero attached hydrogens (tertiary/aromatic N) is 1. The Morgan fingerprint density at radius 2 is 2.29 bits per heavy atom. The minimum absolute atomic E-state index is 0.152. The summed E-state index contributed by atoms with van der Waals surface area (Å²) in [7, 11) is 1.44. The lowest BCUT2D eigenvalue weighted by Crippen LogP contribution is -2.41. The van der Waals surface area contributed by atoms with E-state index in [1.54, 1.807) is 6.07 Å². The molecule has 2 N–H and O–H groups in total. The molecule has 1 saturated heterocycles. The number of methoxy groups -OCH3 is 1. The summed E-state index contributed by atoms with van der Waals surface area (Å²) in [4.78, 5) is 2.09. The average molecular weight is 240 g/mol. The zero-order chi connectivity index (χ0) is 12.4. The van der Waals surface area contributed by atoms with Crippen molar-refractivity contribution in [2.24, 2.45) is 0 Å². The summed E-state index contributed by atoms with van der Waals surface area (Å²) in [5.41, 5.74) is 7.08. The lowest BCUT2D eigenvalue weighted by molar-refractivity contribution is 0.0532. The Morgan fingerprint density at radius 1 is 1.53 bits per heavy atom. The molecule has 0 bridgehead atoms. The van der Waals surface area contributed by atoms with Gasteiger partial charge >= 0.3 is 0 Å². The van der Waals surface area contributed by atoms with E-state index in [2.05, 4.69) is 4.90 Å². The van der Waals surface area contributed by atoms with Gasteiger partial charge in [-0.15, -0.1) is 0 Å². The number of nitrogens with two attached hydrogens (primary N) is 1. The van der Waals surface area contributed by atoms with Crippen LogP contribution in [0.15, 0.2) is 12.1 Å². The van der Waals surface area contributed by atoms with E-state index in [1.807, 2.05) is 6.92 Å². The number of ether oxygens (including phenoxy) is 2. The van der Waals surface area contributed by atoms with Crippen LogP contribution in [0.1, 0.15) is 6.92 Å². The minimum Gasteiger partial charge on any atom is -0.494 e. The summed E-state index contributed by atoms with van der Waals surface area (Å²) >= 11 is 0. The fraction of sp³-hybridized carbons (Fsp3) is 0.500. The molecule has 1 heterocycles. The second kappa shape index (κ2) is 4.79. The topological polar surface area (TPSA) is 47.7 Å². The lowest BCUT2D eigenvalue weighted by Gasteiger charge is -2.33. The van der Waals surface area contributed by atoms with Crippen LogP contribution in [-0.2, 0) is 4.74 Å². The minimum atomic E-state index is -0.435. The first-order valence-corrected chi connectivity index (χ1v) is 5.61. The highest BCUT2D eigenvalue weighted by atomic mass is 19.1. The first kappa shape index (κ1) is 12.0. The van der Waals surface area contributed by atoms with Crippen LogP contribution in [0.5, 0.6) is 5.75 Å². The van der Waals surface area contributed by atoms with Crippen LogP contribution in [0, 0.1) is 5.82 Å². The summed E-state index contributed by atoms with van der Waals surface area (Å²) < 4.78 is 23.9. The van der Waals surface area contributed by atoms with Gasteiger partial charge in [0.25, 0.3) is 0 Å².